The van der Waals surface area contributed by atoms with Crippen LogP contribution in [0.3, 0.4) is 0 Å². The quantitative estimate of drug-likeness (QED) is 0.879. The molecular formula is C12H12F2N2O4S. The van der Waals surface area contributed by atoms with Crippen LogP contribution in [0.15, 0.2) is 17.0 Å². The minimum absolute atomic E-state index is 0.356. The van der Waals surface area contributed by atoms with Gasteiger partial charge in [-0.3, -0.25) is 4.79 Å². The van der Waals surface area contributed by atoms with Crippen molar-refractivity contribution in [3.05, 3.63) is 29.3 Å². The number of nitrogens with zero attached hydrogens (tertiary/aromatic N) is 2. The number of benzene rings is 1. The van der Waals surface area contributed by atoms with E-state index in [1.165, 1.54) is 13.0 Å². The number of sulfonamides is 1. The van der Waals surface area contributed by atoms with Crippen molar-refractivity contribution >= 4 is 16.0 Å². The van der Waals surface area contributed by atoms with Crippen LogP contribution in [0, 0.1) is 28.9 Å². The van der Waals surface area contributed by atoms with Crippen LogP contribution >= 0.6 is 0 Å². The van der Waals surface area contributed by atoms with Gasteiger partial charge < -0.3 is 5.11 Å². The van der Waals surface area contributed by atoms with E-state index < -0.39 is 45.0 Å². The zero-order valence-corrected chi connectivity index (χ0v) is 12.0. The van der Waals surface area contributed by atoms with E-state index in [2.05, 4.69) is 0 Å². The summed E-state index contributed by atoms with van der Waals surface area (Å²) in [4.78, 5) is 9.50. The van der Waals surface area contributed by atoms with Crippen LogP contribution in [0.25, 0.3) is 0 Å². The molecule has 21 heavy (non-hydrogen) atoms. The summed E-state index contributed by atoms with van der Waals surface area (Å²) < 4.78 is 52.2. The molecule has 1 aromatic carbocycles. The van der Waals surface area contributed by atoms with Crippen molar-refractivity contribution in [3.8, 4) is 6.07 Å². The molecule has 9 heteroatoms. The van der Waals surface area contributed by atoms with Crippen molar-refractivity contribution in [2.75, 3.05) is 13.6 Å². The predicted molar refractivity (Wildman–Crippen MR) is 67.7 cm³/mol. The molecule has 0 aromatic heterocycles. The minimum atomic E-state index is -4.54. The first-order chi connectivity index (χ1) is 9.61. The van der Waals surface area contributed by atoms with Crippen LogP contribution in [0.1, 0.15) is 12.5 Å². The lowest BCUT2D eigenvalue weighted by atomic mass is 10.2. The summed E-state index contributed by atoms with van der Waals surface area (Å²) in [6, 6.07) is 2.70. The smallest absolute Gasteiger partial charge is 0.307 e. The second-order valence-corrected chi connectivity index (χ2v) is 6.39. The predicted octanol–water partition coefficient (Wildman–Crippen LogP) is 1.18. The number of carboxylic acids is 1. The average molecular weight is 318 g/mol. The highest BCUT2D eigenvalue weighted by molar-refractivity contribution is 7.89. The van der Waals surface area contributed by atoms with Crippen LogP contribution in [0.2, 0.25) is 0 Å². The first-order valence-electron chi connectivity index (χ1n) is 5.69. The van der Waals surface area contributed by atoms with Gasteiger partial charge in [-0.1, -0.05) is 6.92 Å². The molecule has 0 heterocycles. The highest BCUT2D eigenvalue weighted by Crippen LogP contribution is 2.23. The van der Waals surface area contributed by atoms with Crippen LogP contribution in [0.5, 0.6) is 0 Å². The van der Waals surface area contributed by atoms with Gasteiger partial charge in [0.05, 0.1) is 17.6 Å². The van der Waals surface area contributed by atoms with Gasteiger partial charge in [-0.15, -0.1) is 0 Å². The molecule has 1 atom stereocenters. The first-order valence-corrected chi connectivity index (χ1v) is 7.13. The van der Waals surface area contributed by atoms with Crippen LogP contribution in [-0.4, -0.2) is 37.4 Å². The summed E-state index contributed by atoms with van der Waals surface area (Å²) in [6.07, 6.45) is 0. The van der Waals surface area contributed by atoms with Gasteiger partial charge in [0.1, 0.15) is 11.6 Å². The number of carbonyl (C=O) groups is 1. The van der Waals surface area contributed by atoms with Gasteiger partial charge in [0.2, 0.25) is 10.0 Å². The average Bonchev–Trinajstić information content (AvgIpc) is 2.36. The molecule has 0 amide bonds. The third kappa shape index (κ3) is 3.53. The fourth-order valence-corrected chi connectivity index (χ4v) is 2.93. The summed E-state index contributed by atoms with van der Waals surface area (Å²) >= 11 is 0. The molecule has 0 aliphatic heterocycles. The number of carboxylic acid groups (broad SMARTS) is 1. The highest BCUT2D eigenvalue weighted by atomic mass is 32.2. The van der Waals surface area contributed by atoms with Crippen LogP contribution in [-0.2, 0) is 14.8 Å². The summed E-state index contributed by atoms with van der Waals surface area (Å²) in [7, 11) is -3.52. The minimum Gasteiger partial charge on any atom is -0.481 e. The van der Waals surface area contributed by atoms with Gasteiger partial charge in [0.25, 0.3) is 0 Å². The van der Waals surface area contributed by atoms with E-state index in [4.69, 9.17) is 10.4 Å². The normalized spacial score (nSPS) is 13.0. The third-order valence-electron chi connectivity index (χ3n) is 2.75. The fourth-order valence-electron chi connectivity index (χ4n) is 1.59. The number of hydrogen-bond donors (Lipinski definition) is 1. The molecular weight excluding hydrogens is 306 g/mol. The molecule has 0 radical (unpaired) electrons. The standard InChI is InChI=1S/C12H12F2N2O4S/c1-7(12(17)18)6-16(2)21(19,20)11-9(13)3-8(5-15)4-10(11)14/h3-4,7H,6H2,1-2H3,(H,17,18). The van der Waals surface area contributed by atoms with Gasteiger partial charge in [-0.2, -0.15) is 9.57 Å². The number of halogens is 2. The Bertz CT molecular complexity index is 689. The number of rotatable bonds is 5. The molecule has 1 aromatic rings. The van der Waals surface area contributed by atoms with E-state index in [0.29, 0.717) is 16.4 Å². The number of aliphatic carboxylic acids is 1. The van der Waals surface area contributed by atoms with E-state index >= 15 is 0 Å². The fraction of sp³-hybridized carbons (Fsp3) is 0.333. The lowest BCUT2D eigenvalue weighted by Crippen LogP contribution is -2.34. The largest absolute Gasteiger partial charge is 0.481 e. The van der Waals surface area contributed by atoms with Crippen molar-refractivity contribution in [1.82, 2.24) is 4.31 Å². The summed E-state index contributed by atoms with van der Waals surface area (Å²) in [5.41, 5.74) is -0.356. The molecule has 0 saturated carbocycles. The summed E-state index contributed by atoms with van der Waals surface area (Å²) in [5.74, 6) is -5.09. The third-order valence-corrected chi connectivity index (χ3v) is 4.62. The molecule has 0 fully saturated rings. The van der Waals surface area contributed by atoms with Crippen LogP contribution in [0.4, 0.5) is 8.78 Å². The molecule has 6 nitrogen and oxygen atoms in total. The molecule has 114 valence electrons. The van der Waals surface area contributed by atoms with E-state index in [1.807, 2.05) is 0 Å². The van der Waals surface area contributed by atoms with Crippen molar-refractivity contribution in [1.29, 1.82) is 5.26 Å². The molecule has 0 saturated heterocycles. The Morgan fingerprint density at radius 3 is 2.29 bits per heavy atom. The first kappa shape index (κ1) is 17.0. The lowest BCUT2D eigenvalue weighted by molar-refractivity contribution is -0.141. The molecule has 0 aliphatic rings. The molecule has 1 N–H and O–H groups in total. The Morgan fingerprint density at radius 2 is 1.90 bits per heavy atom. The lowest BCUT2D eigenvalue weighted by Gasteiger charge is -2.19. The van der Waals surface area contributed by atoms with E-state index in [9.17, 15) is 22.0 Å². The van der Waals surface area contributed by atoms with Gasteiger partial charge in [-0.25, -0.2) is 17.2 Å². The van der Waals surface area contributed by atoms with E-state index in [1.54, 1.807) is 0 Å². The van der Waals surface area contributed by atoms with Crippen molar-refractivity contribution < 1.29 is 27.1 Å². The zero-order chi connectivity index (χ0) is 16.4. The van der Waals surface area contributed by atoms with Crippen molar-refractivity contribution in [2.24, 2.45) is 5.92 Å². The maximum absolute atomic E-state index is 13.7. The van der Waals surface area contributed by atoms with Gasteiger partial charge in [0.15, 0.2) is 4.90 Å². The topological polar surface area (TPSA) is 98.5 Å². The Kier molecular flexibility index (Phi) is 4.98. The van der Waals surface area contributed by atoms with E-state index in [-0.39, 0.29) is 5.56 Å². The molecule has 0 aliphatic carbocycles. The number of hydrogen-bond acceptors (Lipinski definition) is 4. The van der Waals surface area contributed by atoms with Gasteiger partial charge in [0, 0.05) is 13.6 Å². The Labute approximate surface area is 120 Å². The maximum atomic E-state index is 13.7. The van der Waals surface area contributed by atoms with E-state index in [0.717, 1.165) is 7.05 Å². The van der Waals surface area contributed by atoms with Crippen molar-refractivity contribution in [2.45, 2.75) is 11.8 Å². The monoisotopic (exact) mass is 318 g/mol. The Morgan fingerprint density at radius 1 is 1.43 bits per heavy atom. The molecule has 0 bridgehead atoms. The second-order valence-electron chi connectivity index (χ2n) is 4.41. The molecule has 1 rings (SSSR count). The Hall–Kier alpha value is -2.05. The summed E-state index contributed by atoms with van der Waals surface area (Å²) in [5, 5.41) is 17.3. The zero-order valence-electron chi connectivity index (χ0n) is 11.2. The second kappa shape index (κ2) is 6.15. The maximum Gasteiger partial charge on any atom is 0.307 e. The van der Waals surface area contributed by atoms with Crippen LogP contribution < -0.4 is 0 Å². The highest BCUT2D eigenvalue weighted by Gasteiger charge is 2.31. The SMILES string of the molecule is CC(CN(C)S(=O)(=O)c1c(F)cc(C#N)cc1F)C(=O)O. The summed E-state index contributed by atoms with van der Waals surface area (Å²) in [6.45, 7) is 0.816. The van der Waals surface area contributed by atoms with Gasteiger partial charge in [-0.05, 0) is 12.1 Å². The molecule has 1 unspecified atom stereocenters. The molecule has 0 spiro atoms. The van der Waals surface area contributed by atoms with Crippen molar-refractivity contribution in [3.63, 3.8) is 0 Å². The number of nitriles is 1. The Balaban J connectivity index is 3.26. The van der Waals surface area contributed by atoms with Gasteiger partial charge >= 0.3 is 5.97 Å².